The highest BCUT2D eigenvalue weighted by atomic mass is 16.6. The molecule has 0 aliphatic rings. The first-order valence-corrected chi connectivity index (χ1v) is 26.3. The van der Waals surface area contributed by atoms with Crippen LogP contribution < -0.4 is 0 Å². The molecule has 0 bridgehead atoms. The average molecular weight is 899 g/mol. The van der Waals surface area contributed by atoms with Gasteiger partial charge in [0.15, 0.2) is 12.1 Å². The van der Waals surface area contributed by atoms with E-state index in [1.165, 1.54) is 122 Å². The Morgan fingerprint density at radius 2 is 0.875 bits per heavy atom. The Balaban J connectivity index is 4.21. The van der Waals surface area contributed by atoms with Crippen LogP contribution in [0.2, 0.25) is 0 Å². The lowest BCUT2D eigenvalue weighted by Gasteiger charge is -2.31. The molecule has 0 aromatic heterocycles. The van der Waals surface area contributed by atoms with Gasteiger partial charge >= 0.3 is 17.9 Å². The summed E-state index contributed by atoms with van der Waals surface area (Å²) in [6, 6.07) is -0.618. The van der Waals surface area contributed by atoms with E-state index in [9.17, 15) is 19.5 Å². The normalized spacial score (nSPS) is 13.3. The highest BCUT2D eigenvalue weighted by molar-refractivity contribution is 5.72. The monoisotopic (exact) mass is 899 g/mol. The van der Waals surface area contributed by atoms with E-state index in [1.807, 2.05) is 21.1 Å². The summed E-state index contributed by atoms with van der Waals surface area (Å²) in [5, 5.41) is 9.66. The molecule has 0 radical (unpaired) electrons. The van der Waals surface area contributed by atoms with Crippen LogP contribution in [0, 0.1) is 0 Å². The van der Waals surface area contributed by atoms with E-state index in [4.69, 9.17) is 14.2 Å². The summed E-state index contributed by atoms with van der Waals surface area (Å²) in [6.07, 6.45) is 58.4. The Hall–Kier alpha value is -2.97. The molecule has 0 aromatic rings. The highest BCUT2D eigenvalue weighted by Gasteiger charge is 2.31. The summed E-state index contributed by atoms with van der Waals surface area (Å²) in [5.74, 6) is -1.47. The van der Waals surface area contributed by atoms with Crippen LogP contribution in [-0.4, -0.2) is 80.6 Å². The van der Waals surface area contributed by atoms with Gasteiger partial charge in [0.05, 0.1) is 34.4 Å². The van der Waals surface area contributed by atoms with Gasteiger partial charge in [0.25, 0.3) is 0 Å². The minimum atomic E-state index is -0.876. The summed E-state index contributed by atoms with van der Waals surface area (Å²) in [7, 11) is 5.54. The van der Waals surface area contributed by atoms with Crippen molar-refractivity contribution in [2.24, 2.45) is 0 Å². The number of hydrogen-bond donors (Lipinski definition) is 1. The lowest BCUT2D eigenvalue weighted by Crippen LogP contribution is -2.50. The quantitative estimate of drug-likeness (QED) is 0.0281. The van der Waals surface area contributed by atoms with Gasteiger partial charge in [-0.3, -0.25) is 9.59 Å². The van der Waals surface area contributed by atoms with Gasteiger partial charge in [-0.1, -0.05) is 190 Å². The maximum Gasteiger partial charge on any atom is 0.362 e. The van der Waals surface area contributed by atoms with Crippen molar-refractivity contribution in [2.75, 3.05) is 41.0 Å². The molecular weight excluding hydrogens is 799 g/mol. The number of carboxylic acids is 1. The predicted molar refractivity (Wildman–Crippen MR) is 271 cm³/mol. The second-order valence-electron chi connectivity index (χ2n) is 18.7. The molecule has 0 aliphatic heterocycles. The van der Waals surface area contributed by atoms with Crippen molar-refractivity contribution in [1.29, 1.82) is 0 Å². The lowest BCUT2D eigenvalue weighted by atomic mass is 10.0. The zero-order valence-electron chi connectivity index (χ0n) is 42.2. The summed E-state index contributed by atoms with van der Waals surface area (Å²) in [6.45, 7) is 4.61. The smallest absolute Gasteiger partial charge is 0.362 e. The Labute approximate surface area is 394 Å². The van der Waals surface area contributed by atoms with Gasteiger partial charge in [0.2, 0.25) is 0 Å². The van der Waals surface area contributed by atoms with Crippen LogP contribution in [0.25, 0.3) is 0 Å². The zero-order valence-corrected chi connectivity index (χ0v) is 42.2. The molecule has 370 valence electrons. The molecule has 0 amide bonds. The van der Waals surface area contributed by atoms with Crippen molar-refractivity contribution in [3.8, 4) is 0 Å². The van der Waals surface area contributed by atoms with Crippen molar-refractivity contribution in [1.82, 2.24) is 0 Å². The van der Waals surface area contributed by atoms with Crippen molar-refractivity contribution in [3.05, 3.63) is 60.8 Å². The van der Waals surface area contributed by atoms with Crippen molar-refractivity contribution in [3.63, 3.8) is 0 Å². The van der Waals surface area contributed by atoms with Crippen LogP contribution in [0.1, 0.15) is 226 Å². The summed E-state index contributed by atoms with van der Waals surface area (Å²) < 4.78 is 17.4. The third kappa shape index (κ3) is 44.2. The molecule has 0 fully saturated rings. The molecule has 8 heteroatoms. The molecule has 0 rings (SSSR count). The zero-order chi connectivity index (χ0) is 47.0. The summed E-state index contributed by atoms with van der Waals surface area (Å²) in [4.78, 5) is 37.2. The van der Waals surface area contributed by atoms with Gasteiger partial charge in [0.1, 0.15) is 6.61 Å². The van der Waals surface area contributed by atoms with Crippen LogP contribution in [0.15, 0.2) is 60.8 Å². The summed E-state index contributed by atoms with van der Waals surface area (Å²) >= 11 is 0. The first-order valence-electron chi connectivity index (χ1n) is 26.3. The number of carbonyl (C=O) groups excluding carboxylic acids is 2. The largest absolute Gasteiger partial charge is 0.477 e. The number of allylic oxidation sites excluding steroid dienone is 10. The Morgan fingerprint density at radius 1 is 0.484 bits per heavy atom. The maximum atomic E-state index is 12.8. The number of rotatable bonds is 47. The molecule has 0 aromatic carbocycles. The minimum Gasteiger partial charge on any atom is -0.477 e. The molecular formula is C56H100NO7+. The van der Waals surface area contributed by atoms with Gasteiger partial charge < -0.3 is 23.8 Å². The van der Waals surface area contributed by atoms with Crippen molar-refractivity contribution in [2.45, 2.75) is 238 Å². The molecule has 0 heterocycles. The molecule has 0 spiro atoms. The number of nitrogens with zero attached hydrogens (tertiary/aromatic N) is 1. The fourth-order valence-electron chi connectivity index (χ4n) is 7.61. The number of likely N-dealkylation sites (N-methyl/N-ethyl adjacent to an activating group) is 1. The first kappa shape index (κ1) is 61.0. The van der Waals surface area contributed by atoms with Gasteiger partial charge in [-0.25, -0.2) is 4.79 Å². The molecule has 2 atom stereocenters. The van der Waals surface area contributed by atoms with Crippen LogP contribution in [-0.2, 0) is 28.6 Å². The molecule has 0 saturated carbocycles. The van der Waals surface area contributed by atoms with Gasteiger partial charge in [0, 0.05) is 19.3 Å². The molecule has 8 nitrogen and oxygen atoms in total. The van der Waals surface area contributed by atoms with Crippen LogP contribution in [0.5, 0.6) is 0 Å². The molecule has 1 N–H and O–H groups in total. The van der Waals surface area contributed by atoms with E-state index >= 15 is 0 Å². The fourth-order valence-corrected chi connectivity index (χ4v) is 7.61. The topological polar surface area (TPSA) is 99.1 Å². The molecule has 2 unspecified atom stereocenters. The number of esters is 2. The van der Waals surface area contributed by atoms with Gasteiger partial charge in [-0.15, -0.1) is 0 Å². The SMILES string of the molecule is CC/C=C/C/C=C/C/C=C/CCCCCCCCCCCCCCCC(=O)OC(COCCC(C(=O)O)[N+](C)(C)C)COC(=O)CCCCCCCCC/C=C/C/C=C/CCCCC. The van der Waals surface area contributed by atoms with E-state index in [0.29, 0.717) is 19.3 Å². The van der Waals surface area contributed by atoms with E-state index in [0.717, 1.165) is 70.6 Å². The van der Waals surface area contributed by atoms with E-state index < -0.39 is 18.1 Å². The number of hydrogen-bond acceptors (Lipinski definition) is 6. The van der Waals surface area contributed by atoms with E-state index in [1.54, 1.807) is 0 Å². The standard InChI is InChI=1S/C56H99NO7/c1-6-8-10-12-14-16-18-20-22-24-25-26-27-28-29-31-33-35-37-39-41-43-45-47-55(59)64-52(50-62-49-48-53(56(60)61)57(3,4)5)51-63-54(58)46-44-42-40-38-36-34-32-30-23-21-19-17-15-13-11-9-7-2/h8,10,14-17,20-23,52-53H,6-7,9,11-13,18-19,24-51H2,1-5H3/p+1/b10-8+,16-14+,17-15+,22-20+,23-21+. The minimum absolute atomic E-state index is 0.0559. The number of carboxylic acid groups (broad SMARTS) is 1. The third-order valence-electron chi connectivity index (χ3n) is 11.7. The Kier molecular flexibility index (Phi) is 44.4. The van der Waals surface area contributed by atoms with Crippen LogP contribution in [0.4, 0.5) is 0 Å². The number of aliphatic carboxylic acids is 1. The van der Waals surface area contributed by atoms with E-state index in [-0.39, 0.29) is 36.2 Å². The lowest BCUT2D eigenvalue weighted by molar-refractivity contribution is -0.887. The number of quaternary nitrogens is 1. The third-order valence-corrected chi connectivity index (χ3v) is 11.7. The Bertz CT molecular complexity index is 1230. The summed E-state index contributed by atoms with van der Waals surface area (Å²) in [5.41, 5.74) is 0. The van der Waals surface area contributed by atoms with Crippen LogP contribution in [0.3, 0.4) is 0 Å². The number of carbonyl (C=O) groups is 3. The highest BCUT2D eigenvalue weighted by Crippen LogP contribution is 2.16. The Morgan fingerprint density at radius 3 is 1.30 bits per heavy atom. The van der Waals surface area contributed by atoms with Crippen LogP contribution >= 0.6 is 0 Å². The van der Waals surface area contributed by atoms with Gasteiger partial charge in [-0.2, -0.15) is 0 Å². The fraction of sp³-hybridized carbons (Fsp3) is 0.768. The molecule has 0 aliphatic carbocycles. The first-order chi connectivity index (χ1) is 31.1. The van der Waals surface area contributed by atoms with Crippen molar-refractivity contribution >= 4 is 17.9 Å². The predicted octanol–water partition coefficient (Wildman–Crippen LogP) is 15.3. The van der Waals surface area contributed by atoms with Crippen molar-refractivity contribution < 1.29 is 38.2 Å². The second kappa shape index (κ2) is 46.6. The second-order valence-corrected chi connectivity index (χ2v) is 18.7. The molecule has 64 heavy (non-hydrogen) atoms. The number of unbranched alkanes of at least 4 members (excludes halogenated alkanes) is 23. The molecule has 0 saturated heterocycles. The van der Waals surface area contributed by atoms with E-state index in [2.05, 4.69) is 74.6 Å². The average Bonchev–Trinajstić information content (AvgIpc) is 3.26. The number of ether oxygens (including phenoxy) is 3. The maximum absolute atomic E-state index is 12.8. The van der Waals surface area contributed by atoms with Gasteiger partial charge in [-0.05, 0) is 77.0 Å².